The topological polar surface area (TPSA) is 38.3 Å². The van der Waals surface area contributed by atoms with Crippen LogP contribution in [0.2, 0.25) is 5.02 Å². The summed E-state index contributed by atoms with van der Waals surface area (Å²) >= 11 is 5.92. The third-order valence-corrected chi connectivity index (χ3v) is 3.36. The lowest BCUT2D eigenvalue weighted by Crippen LogP contribution is -2.27. The molecule has 0 spiro atoms. The van der Waals surface area contributed by atoms with Gasteiger partial charge in [-0.1, -0.05) is 35.9 Å². The molecular weight excluding hydrogens is 286 g/mol. The van der Waals surface area contributed by atoms with Gasteiger partial charge >= 0.3 is 0 Å². The Bertz CT molecular complexity index is 613. The van der Waals surface area contributed by atoms with Gasteiger partial charge in [-0.05, 0) is 41.8 Å². The smallest absolute Gasteiger partial charge is 0.224 e. The predicted molar refractivity (Wildman–Crippen MR) is 84.9 cm³/mol. The summed E-state index contributed by atoms with van der Waals surface area (Å²) in [5.74, 6) is 0.768. The van der Waals surface area contributed by atoms with E-state index in [9.17, 15) is 4.79 Å². The van der Waals surface area contributed by atoms with Gasteiger partial charge in [0.05, 0.1) is 13.5 Å². The van der Waals surface area contributed by atoms with E-state index in [0.29, 0.717) is 13.0 Å². The largest absolute Gasteiger partial charge is 0.497 e. The van der Waals surface area contributed by atoms with Gasteiger partial charge in [-0.3, -0.25) is 4.79 Å². The van der Waals surface area contributed by atoms with Crippen molar-refractivity contribution in [2.75, 3.05) is 13.7 Å². The van der Waals surface area contributed by atoms with Crippen molar-refractivity contribution in [2.24, 2.45) is 0 Å². The van der Waals surface area contributed by atoms with E-state index in [0.717, 1.165) is 28.3 Å². The highest BCUT2D eigenvalue weighted by molar-refractivity contribution is 6.30. The first-order valence-electron chi connectivity index (χ1n) is 6.81. The fraction of sp³-hybridized carbons (Fsp3) is 0.235. The van der Waals surface area contributed by atoms with E-state index >= 15 is 0 Å². The molecule has 1 N–H and O–H groups in total. The van der Waals surface area contributed by atoms with Crippen molar-refractivity contribution < 1.29 is 9.53 Å². The first kappa shape index (κ1) is 15.4. The Balaban J connectivity index is 1.79. The molecule has 0 atom stereocenters. The lowest BCUT2D eigenvalue weighted by atomic mass is 10.1. The van der Waals surface area contributed by atoms with Gasteiger partial charge in [0.25, 0.3) is 0 Å². The van der Waals surface area contributed by atoms with E-state index in [1.54, 1.807) is 7.11 Å². The number of carbonyl (C=O) groups excluding carboxylic acids is 1. The van der Waals surface area contributed by atoms with Gasteiger partial charge in [0.1, 0.15) is 5.75 Å². The summed E-state index contributed by atoms with van der Waals surface area (Å²) < 4.78 is 5.14. The standard InChI is InChI=1S/C17H18ClNO2/c1-21-16-7-3-5-14(11-16)12-17(20)19-9-8-13-4-2-6-15(18)10-13/h2-7,10-11H,8-9,12H2,1H3,(H,19,20). The van der Waals surface area contributed by atoms with Crippen molar-refractivity contribution in [2.45, 2.75) is 12.8 Å². The van der Waals surface area contributed by atoms with E-state index in [1.165, 1.54) is 0 Å². The maximum absolute atomic E-state index is 11.9. The molecule has 0 heterocycles. The number of methoxy groups -OCH3 is 1. The molecule has 0 unspecified atom stereocenters. The molecule has 0 aromatic heterocycles. The quantitative estimate of drug-likeness (QED) is 0.889. The summed E-state index contributed by atoms with van der Waals surface area (Å²) in [5.41, 5.74) is 2.05. The maximum atomic E-state index is 11.9. The number of nitrogens with one attached hydrogen (secondary N) is 1. The first-order valence-corrected chi connectivity index (χ1v) is 7.19. The van der Waals surface area contributed by atoms with Crippen LogP contribution in [-0.2, 0) is 17.6 Å². The molecule has 4 heteroatoms. The number of halogens is 1. The van der Waals surface area contributed by atoms with Crippen LogP contribution < -0.4 is 10.1 Å². The fourth-order valence-electron chi connectivity index (χ4n) is 2.07. The van der Waals surface area contributed by atoms with Gasteiger partial charge in [-0.2, -0.15) is 0 Å². The maximum Gasteiger partial charge on any atom is 0.224 e. The van der Waals surface area contributed by atoms with Crippen LogP contribution in [0.25, 0.3) is 0 Å². The monoisotopic (exact) mass is 303 g/mol. The third kappa shape index (κ3) is 5.12. The van der Waals surface area contributed by atoms with Crippen LogP contribution in [0.15, 0.2) is 48.5 Å². The minimum absolute atomic E-state index is 0.00489. The molecule has 21 heavy (non-hydrogen) atoms. The van der Waals surface area contributed by atoms with Gasteiger partial charge in [0, 0.05) is 11.6 Å². The van der Waals surface area contributed by atoms with Crippen LogP contribution in [0.4, 0.5) is 0 Å². The zero-order valence-corrected chi connectivity index (χ0v) is 12.7. The number of rotatable bonds is 6. The second-order valence-electron chi connectivity index (χ2n) is 4.76. The Morgan fingerprint density at radius 2 is 1.90 bits per heavy atom. The van der Waals surface area contributed by atoms with Crippen molar-refractivity contribution in [1.82, 2.24) is 5.32 Å². The summed E-state index contributed by atoms with van der Waals surface area (Å²) in [4.78, 5) is 11.9. The van der Waals surface area contributed by atoms with E-state index < -0.39 is 0 Å². The van der Waals surface area contributed by atoms with E-state index in [2.05, 4.69) is 5.32 Å². The molecule has 0 aliphatic heterocycles. The molecule has 3 nitrogen and oxygen atoms in total. The highest BCUT2D eigenvalue weighted by Gasteiger charge is 2.04. The first-order chi connectivity index (χ1) is 10.2. The van der Waals surface area contributed by atoms with Crippen molar-refractivity contribution in [3.63, 3.8) is 0 Å². The van der Waals surface area contributed by atoms with E-state index in [1.807, 2.05) is 48.5 Å². The molecule has 0 saturated heterocycles. The molecule has 0 bridgehead atoms. The second-order valence-corrected chi connectivity index (χ2v) is 5.19. The van der Waals surface area contributed by atoms with Crippen molar-refractivity contribution >= 4 is 17.5 Å². The van der Waals surface area contributed by atoms with E-state index in [-0.39, 0.29) is 5.91 Å². The van der Waals surface area contributed by atoms with Crippen LogP contribution in [0, 0.1) is 0 Å². The average Bonchev–Trinajstić information content (AvgIpc) is 2.47. The van der Waals surface area contributed by atoms with Crippen LogP contribution in [0.3, 0.4) is 0 Å². The lowest BCUT2D eigenvalue weighted by Gasteiger charge is -2.07. The molecule has 0 aliphatic rings. The Hall–Kier alpha value is -2.00. The SMILES string of the molecule is COc1cccc(CC(=O)NCCc2cccc(Cl)c2)c1. The van der Waals surface area contributed by atoms with Crippen LogP contribution >= 0.6 is 11.6 Å². The number of benzene rings is 2. The molecule has 2 rings (SSSR count). The minimum Gasteiger partial charge on any atom is -0.497 e. The van der Waals surface area contributed by atoms with Gasteiger partial charge in [-0.15, -0.1) is 0 Å². The molecule has 0 radical (unpaired) electrons. The highest BCUT2D eigenvalue weighted by Crippen LogP contribution is 2.13. The molecular formula is C17H18ClNO2. The normalized spacial score (nSPS) is 10.2. The number of amides is 1. The van der Waals surface area contributed by atoms with Crippen LogP contribution in [0.1, 0.15) is 11.1 Å². The predicted octanol–water partition coefficient (Wildman–Crippen LogP) is 3.25. The van der Waals surface area contributed by atoms with Crippen molar-refractivity contribution in [3.8, 4) is 5.75 Å². The molecule has 110 valence electrons. The molecule has 0 saturated carbocycles. The van der Waals surface area contributed by atoms with E-state index in [4.69, 9.17) is 16.3 Å². The molecule has 1 amide bonds. The number of ether oxygens (including phenoxy) is 1. The molecule has 0 fully saturated rings. The fourth-order valence-corrected chi connectivity index (χ4v) is 2.28. The Kier molecular flexibility index (Phi) is 5.64. The Morgan fingerprint density at radius 1 is 1.14 bits per heavy atom. The molecule has 2 aromatic rings. The lowest BCUT2D eigenvalue weighted by molar-refractivity contribution is -0.120. The number of hydrogen-bond acceptors (Lipinski definition) is 2. The Labute approximate surface area is 129 Å². The van der Waals surface area contributed by atoms with Crippen molar-refractivity contribution in [1.29, 1.82) is 0 Å². The highest BCUT2D eigenvalue weighted by atomic mass is 35.5. The summed E-state index contributed by atoms with van der Waals surface area (Å²) in [5, 5.41) is 3.63. The van der Waals surface area contributed by atoms with Gasteiger partial charge in [0.15, 0.2) is 0 Å². The van der Waals surface area contributed by atoms with Crippen LogP contribution in [0.5, 0.6) is 5.75 Å². The number of hydrogen-bond donors (Lipinski definition) is 1. The molecule has 0 aliphatic carbocycles. The van der Waals surface area contributed by atoms with Gasteiger partial charge in [-0.25, -0.2) is 0 Å². The summed E-state index contributed by atoms with van der Waals surface area (Å²) in [6, 6.07) is 15.2. The number of carbonyl (C=O) groups is 1. The average molecular weight is 304 g/mol. The summed E-state index contributed by atoms with van der Waals surface area (Å²) in [6.45, 7) is 0.600. The Morgan fingerprint density at radius 3 is 2.67 bits per heavy atom. The zero-order chi connectivity index (χ0) is 15.1. The van der Waals surface area contributed by atoms with Gasteiger partial charge < -0.3 is 10.1 Å². The zero-order valence-electron chi connectivity index (χ0n) is 11.9. The second kappa shape index (κ2) is 7.70. The third-order valence-electron chi connectivity index (χ3n) is 3.12. The van der Waals surface area contributed by atoms with Crippen LogP contribution in [-0.4, -0.2) is 19.6 Å². The van der Waals surface area contributed by atoms with Gasteiger partial charge in [0.2, 0.25) is 5.91 Å². The summed E-state index contributed by atoms with van der Waals surface area (Å²) in [6.07, 6.45) is 1.12. The molecule has 2 aromatic carbocycles. The summed E-state index contributed by atoms with van der Waals surface area (Å²) in [7, 11) is 1.62. The van der Waals surface area contributed by atoms with Crippen molar-refractivity contribution in [3.05, 3.63) is 64.7 Å². The minimum atomic E-state index is 0.00489.